The number of esters is 1. The van der Waals surface area contributed by atoms with Gasteiger partial charge in [0.15, 0.2) is 0 Å². The van der Waals surface area contributed by atoms with Gasteiger partial charge in [-0.05, 0) is 38.0 Å². The summed E-state index contributed by atoms with van der Waals surface area (Å²) in [5, 5.41) is 9.46. The number of aliphatic hydroxyl groups excluding tert-OH is 1. The Morgan fingerprint density at radius 3 is 2.71 bits per heavy atom. The van der Waals surface area contributed by atoms with E-state index >= 15 is 0 Å². The summed E-state index contributed by atoms with van der Waals surface area (Å²) in [5.74, 6) is -1.51. The van der Waals surface area contributed by atoms with Gasteiger partial charge >= 0.3 is 5.97 Å². The van der Waals surface area contributed by atoms with E-state index in [1.165, 1.54) is 0 Å². The molecule has 190 valence electrons. The molecule has 0 saturated carbocycles. The van der Waals surface area contributed by atoms with E-state index in [2.05, 4.69) is 27.0 Å². The number of carbonyl (C=O) groups excluding carboxylic acids is 3. The summed E-state index contributed by atoms with van der Waals surface area (Å²) in [5.41, 5.74) is 0. The second kappa shape index (κ2) is 11.8. The van der Waals surface area contributed by atoms with Crippen molar-refractivity contribution in [3.8, 4) is 0 Å². The second-order valence-corrected chi connectivity index (χ2v) is 11.2. The summed E-state index contributed by atoms with van der Waals surface area (Å²) in [6, 6.07) is -0.642. The minimum absolute atomic E-state index is 0.0188. The van der Waals surface area contributed by atoms with Gasteiger partial charge < -0.3 is 19.6 Å². The number of nitrogens with zero attached hydrogens (tertiary/aromatic N) is 2. The molecule has 0 aromatic carbocycles. The van der Waals surface area contributed by atoms with Gasteiger partial charge in [-0.15, -0.1) is 24.9 Å². The van der Waals surface area contributed by atoms with Crippen LogP contribution in [-0.4, -0.2) is 81.6 Å². The van der Waals surface area contributed by atoms with E-state index in [-0.39, 0.29) is 35.6 Å². The number of amides is 2. The first-order valence-corrected chi connectivity index (χ1v) is 13.5. The third kappa shape index (κ3) is 4.68. The van der Waals surface area contributed by atoms with Crippen molar-refractivity contribution >= 4 is 29.5 Å². The normalized spacial score (nSPS) is 31.4. The van der Waals surface area contributed by atoms with Crippen molar-refractivity contribution in [2.75, 3.05) is 32.8 Å². The van der Waals surface area contributed by atoms with Crippen LogP contribution in [0.1, 0.15) is 52.4 Å². The molecule has 0 aliphatic carbocycles. The first-order chi connectivity index (χ1) is 16.4. The van der Waals surface area contributed by atoms with Crippen molar-refractivity contribution < 1.29 is 24.2 Å². The zero-order chi connectivity index (χ0) is 24.9. The minimum Gasteiger partial charge on any atom is -0.465 e. The number of fused-ring (bicyclic) bond motifs is 1. The largest absolute Gasteiger partial charge is 0.465 e. The predicted molar refractivity (Wildman–Crippen MR) is 134 cm³/mol. The van der Waals surface area contributed by atoms with E-state index in [0.29, 0.717) is 39.1 Å². The van der Waals surface area contributed by atoms with Crippen molar-refractivity contribution in [3.05, 3.63) is 25.3 Å². The molecule has 0 aromatic rings. The number of ether oxygens (including phenoxy) is 1. The summed E-state index contributed by atoms with van der Waals surface area (Å²) in [6.07, 6.45) is 8.00. The maximum Gasteiger partial charge on any atom is 0.310 e. The van der Waals surface area contributed by atoms with Gasteiger partial charge in [-0.2, -0.15) is 0 Å². The Hall–Kier alpha value is -1.80. The van der Waals surface area contributed by atoms with Crippen LogP contribution in [0.15, 0.2) is 25.3 Å². The molecule has 7 nitrogen and oxygen atoms in total. The highest BCUT2D eigenvalue weighted by Gasteiger charge is 2.76. The highest BCUT2D eigenvalue weighted by atomic mass is 32.2. The molecule has 3 fully saturated rings. The quantitative estimate of drug-likeness (QED) is 0.228. The minimum atomic E-state index is -0.648. The molecule has 34 heavy (non-hydrogen) atoms. The highest BCUT2D eigenvalue weighted by Crippen LogP contribution is 2.68. The van der Waals surface area contributed by atoms with Gasteiger partial charge in [-0.25, -0.2) is 0 Å². The summed E-state index contributed by atoms with van der Waals surface area (Å²) in [7, 11) is 0. The van der Waals surface area contributed by atoms with Crippen molar-refractivity contribution in [1.82, 2.24) is 9.80 Å². The molecule has 3 rings (SSSR count). The van der Waals surface area contributed by atoms with E-state index in [1.807, 2.05) is 0 Å². The van der Waals surface area contributed by atoms with Gasteiger partial charge in [-0.1, -0.05) is 32.4 Å². The van der Waals surface area contributed by atoms with E-state index in [4.69, 9.17) is 4.74 Å². The SMILES string of the molecule is C=CCCCOC(=O)[C@@H]1[C@@H]2CC(C)C3(S2)C(C(=O)N(CC=C)CCCC)N(CCCO)C(=O)[C@H]13. The van der Waals surface area contributed by atoms with Gasteiger partial charge in [0, 0.05) is 31.5 Å². The molecule has 1 spiro atoms. The molecule has 3 saturated heterocycles. The third-order valence-electron chi connectivity index (χ3n) is 7.55. The average molecular weight is 493 g/mol. The van der Waals surface area contributed by atoms with E-state index in [1.54, 1.807) is 33.7 Å². The van der Waals surface area contributed by atoms with E-state index in [9.17, 15) is 19.5 Å². The fourth-order valence-electron chi connectivity index (χ4n) is 6.01. The Morgan fingerprint density at radius 1 is 1.29 bits per heavy atom. The Bertz CT molecular complexity index is 789. The molecule has 6 atom stereocenters. The summed E-state index contributed by atoms with van der Waals surface area (Å²) < 4.78 is 4.95. The number of carbonyl (C=O) groups is 3. The number of aliphatic hydroxyl groups is 1. The van der Waals surface area contributed by atoms with E-state index < -0.39 is 22.6 Å². The van der Waals surface area contributed by atoms with Crippen molar-refractivity contribution in [3.63, 3.8) is 0 Å². The molecular formula is C26H40N2O5S. The monoisotopic (exact) mass is 492 g/mol. The van der Waals surface area contributed by atoms with Crippen LogP contribution in [0.3, 0.4) is 0 Å². The van der Waals surface area contributed by atoms with Gasteiger partial charge in [0.25, 0.3) is 0 Å². The molecule has 3 unspecified atom stereocenters. The molecule has 0 radical (unpaired) electrons. The van der Waals surface area contributed by atoms with Crippen LogP contribution < -0.4 is 0 Å². The average Bonchev–Trinajstić information content (AvgIpc) is 3.41. The topological polar surface area (TPSA) is 87.2 Å². The molecule has 1 N–H and O–H groups in total. The standard InChI is InChI=1S/C26H40N2O5S/c1-5-8-10-16-33-25(32)20-19-17-18(4)26(34-19)21(20)23(30)28(14-11-15-29)22(26)24(31)27(12-7-3)13-9-6-2/h5,7,18-22,29H,1,3,6,8-17H2,2,4H3/t18?,19-,20+,21-,22?,26?/m0/s1. The summed E-state index contributed by atoms with van der Waals surface area (Å²) >= 11 is 1.66. The number of likely N-dealkylation sites (tertiary alicyclic amines) is 1. The van der Waals surface area contributed by atoms with Crippen LogP contribution >= 0.6 is 11.8 Å². The fraction of sp³-hybridized carbons (Fsp3) is 0.731. The Kier molecular flexibility index (Phi) is 9.27. The first kappa shape index (κ1) is 26.8. The lowest BCUT2D eigenvalue weighted by molar-refractivity contribution is -0.154. The number of rotatable bonds is 14. The van der Waals surface area contributed by atoms with Crippen LogP contribution in [0.4, 0.5) is 0 Å². The maximum atomic E-state index is 14.0. The molecule has 3 aliphatic rings. The fourth-order valence-corrected chi connectivity index (χ4v) is 8.42. The van der Waals surface area contributed by atoms with Gasteiger partial charge in [-0.3, -0.25) is 14.4 Å². The second-order valence-electron chi connectivity index (χ2n) is 9.69. The van der Waals surface area contributed by atoms with Crippen molar-refractivity contribution in [2.45, 2.75) is 68.4 Å². The number of thioether (sulfide) groups is 1. The number of hydrogen-bond donors (Lipinski definition) is 1. The number of unbranched alkanes of at least 4 members (excludes halogenated alkanes) is 2. The molecule has 3 heterocycles. The maximum absolute atomic E-state index is 14.0. The van der Waals surface area contributed by atoms with Gasteiger partial charge in [0.1, 0.15) is 6.04 Å². The molecule has 0 aromatic heterocycles. The lowest BCUT2D eigenvalue weighted by Crippen LogP contribution is -2.57. The van der Waals surface area contributed by atoms with Crippen LogP contribution in [-0.2, 0) is 19.1 Å². The Labute approximate surface area is 208 Å². The summed E-state index contributed by atoms with van der Waals surface area (Å²) in [6.45, 7) is 13.3. The Balaban J connectivity index is 1.95. The van der Waals surface area contributed by atoms with Gasteiger partial charge in [0.2, 0.25) is 11.8 Å². The summed E-state index contributed by atoms with van der Waals surface area (Å²) in [4.78, 5) is 44.5. The molecule has 3 aliphatic heterocycles. The molecular weight excluding hydrogens is 452 g/mol. The number of allylic oxidation sites excluding steroid dienone is 1. The number of hydrogen-bond acceptors (Lipinski definition) is 6. The zero-order valence-electron chi connectivity index (χ0n) is 20.6. The third-order valence-corrected chi connectivity index (χ3v) is 9.62. The van der Waals surface area contributed by atoms with Crippen LogP contribution in [0, 0.1) is 17.8 Å². The lowest BCUT2D eigenvalue weighted by atomic mass is 9.66. The highest BCUT2D eigenvalue weighted by molar-refractivity contribution is 8.02. The van der Waals surface area contributed by atoms with Crippen molar-refractivity contribution in [2.24, 2.45) is 17.8 Å². The van der Waals surface area contributed by atoms with Crippen molar-refractivity contribution in [1.29, 1.82) is 0 Å². The smallest absolute Gasteiger partial charge is 0.310 e. The van der Waals surface area contributed by atoms with Crippen LogP contribution in [0.2, 0.25) is 0 Å². The zero-order valence-corrected chi connectivity index (χ0v) is 21.4. The van der Waals surface area contributed by atoms with Crippen LogP contribution in [0.5, 0.6) is 0 Å². The molecule has 8 heteroatoms. The Morgan fingerprint density at radius 2 is 2.06 bits per heavy atom. The predicted octanol–water partition coefficient (Wildman–Crippen LogP) is 3.03. The first-order valence-electron chi connectivity index (χ1n) is 12.6. The van der Waals surface area contributed by atoms with E-state index in [0.717, 1.165) is 25.7 Å². The molecule has 2 amide bonds. The van der Waals surface area contributed by atoms with Crippen LogP contribution in [0.25, 0.3) is 0 Å². The lowest BCUT2D eigenvalue weighted by Gasteiger charge is -2.40. The molecule has 2 bridgehead atoms. The van der Waals surface area contributed by atoms with Gasteiger partial charge in [0.05, 0.1) is 23.2 Å².